The van der Waals surface area contributed by atoms with Crippen LogP contribution in [0.2, 0.25) is 0 Å². The van der Waals surface area contributed by atoms with E-state index < -0.39 is 29.9 Å². The van der Waals surface area contributed by atoms with Crippen molar-refractivity contribution < 1.29 is 28.7 Å². The van der Waals surface area contributed by atoms with Gasteiger partial charge in [0.1, 0.15) is 17.2 Å². The van der Waals surface area contributed by atoms with E-state index in [0.29, 0.717) is 28.2 Å². The second-order valence-corrected chi connectivity index (χ2v) is 9.74. The summed E-state index contributed by atoms with van der Waals surface area (Å²) in [5.41, 5.74) is 1.30. The van der Waals surface area contributed by atoms with Gasteiger partial charge in [0.15, 0.2) is 5.60 Å². The van der Waals surface area contributed by atoms with Gasteiger partial charge in [0.25, 0.3) is 0 Å². The van der Waals surface area contributed by atoms with Crippen molar-refractivity contribution in [1.82, 2.24) is 0 Å². The number of ether oxygens (including phenoxy) is 2. The van der Waals surface area contributed by atoms with Gasteiger partial charge in [0, 0.05) is 22.8 Å². The summed E-state index contributed by atoms with van der Waals surface area (Å²) in [5, 5.41) is 10.1. The Bertz CT molecular complexity index is 1310. The zero-order valence-corrected chi connectivity index (χ0v) is 18.8. The standard InChI is InChI=1S/C26H23BO6/c1-24(2)25(3,4)33-27(32-24)15-9-11-19-21(13-15)30-22-14-16(28)10-12-20(22)26(19)18-8-6-5-7-17(18)23(29)31-26/h5-14,28H,1-4H3. The molecule has 166 valence electrons. The predicted molar refractivity (Wildman–Crippen MR) is 122 cm³/mol. The van der Waals surface area contributed by atoms with E-state index >= 15 is 0 Å². The van der Waals surface area contributed by atoms with Crippen LogP contribution in [0.25, 0.3) is 0 Å². The van der Waals surface area contributed by atoms with E-state index in [4.69, 9.17) is 18.8 Å². The third kappa shape index (κ3) is 2.66. The van der Waals surface area contributed by atoms with Crippen molar-refractivity contribution >= 4 is 18.6 Å². The molecule has 3 heterocycles. The molecule has 1 saturated heterocycles. The largest absolute Gasteiger partial charge is 0.508 e. The lowest BCUT2D eigenvalue weighted by molar-refractivity contribution is 0.00578. The maximum absolute atomic E-state index is 12.9. The Morgan fingerprint density at radius 3 is 2.15 bits per heavy atom. The fourth-order valence-corrected chi connectivity index (χ4v) is 4.81. The number of carbonyl (C=O) groups excluding carboxylic acids is 1. The maximum atomic E-state index is 12.9. The lowest BCUT2D eigenvalue weighted by Crippen LogP contribution is -2.41. The van der Waals surface area contributed by atoms with Crippen molar-refractivity contribution in [2.75, 3.05) is 0 Å². The van der Waals surface area contributed by atoms with Crippen LogP contribution in [0.1, 0.15) is 54.7 Å². The second kappa shape index (κ2) is 6.40. The normalized spacial score (nSPS) is 23.5. The molecule has 1 spiro atoms. The molecule has 1 fully saturated rings. The van der Waals surface area contributed by atoms with Crippen LogP contribution in [0.15, 0.2) is 60.7 Å². The summed E-state index contributed by atoms with van der Waals surface area (Å²) in [5.74, 6) is 0.613. The molecule has 6 nitrogen and oxygen atoms in total. The van der Waals surface area contributed by atoms with Gasteiger partial charge in [-0.15, -0.1) is 0 Å². The smallest absolute Gasteiger partial charge is 0.494 e. The van der Waals surface area contributed by atoms with Crippen LogP contribution < -0.4 is 10.2 Å². The zero-order chi connectivity index (χ0) is 23.2. The van der Waals surface area contributed by atoms with Crippen LogP contribution in [0.3, 0.4) is 0 Å². The molecule has 0 saturated carbocycles. The van der Waals surface area contributed by atoms with Crippen molar-refractivity contribution in [1.29, 1.82) is 0 Å². The van der Waals surface area contributed by atoms with Gasteiger partial charge < -0.3 is 23.9 Å². The number of hydrogen-bond acceptors (Lipinski definition) is 6. The van der Waals surface area contributed by atoms with Gasteiger partial charge in [0.2, 0.25) is 0 Å². The van der Waals surface area contributed by atoms with Gasteiger partial charge in [-0.25, -0.2) is 4.79 Å². The molecule has 3 aromatic carbocycles. The molecule has 3 aliphatic heterocycles. The minimum Gasteiger partial charge on any atom is -0.508 e. The van der Waals surface area contributed by atoms with Crippen molar-refractivity contribution in [2.45, 2.75) is 44.5 Å². The molecule has 6 rings (SSSR count). The Morgan fingerprint density at radius 1 is 0.788 bits per heavy atom. The lowest BCUT2D eigenvalue weighted by Gasteiger charge is -2.36. The van der Waals surface area contributed by atoms with Gasteiger partial charge in [-0.3, -0.25) is 0 Å². The summed E-state index contributed by atoms with van der Waals surface area (Å²) in [7, 11) is -0.566. The number of esters is 1. The van der Waals surface area contributed by atoms with E-state index in [9.17, 15) is 9.90 Å². The van der Waals surface area contributed by atoms with Gasteiger partial charge in [-0.2, -0.15) is 0 Å². The third-order valence-electron chi connectivity index (χ3n) is 7.25. The van der Waals surface area contributed by atoms with Crippen LogP contribution in [0.4, 0.5) is 0 Å². The van der Waals surface area contributed by atoms with E-state index in [2.05, 4.69) is 0 Å². The first-order chi connectivity index (χ1) is 15.6. The molecule has 1 N–H and O–H groups in total. The first-order valence-corrected chi connectivity index (χ1v) is 11.0. The van der Waals surface area contributed by atoms with Gasteiger partial charge in [0.05, 0.1) is 16.8 Å². The molecule has 0 amide bonds. The lowest BCUT2D eigenvalue weighted by atomic mass is 9.74. The molecule has 0 bridgehead atoms. The van der Waals surface area contributed by atoms with Gasteiger partial charge in [-0.05, 0) is 57.4 Å². The maximum Gasteiger partial charge on any atom is 0.494 e. The topological polar surface area (TPSA) is 74.2 Å². The van der Waals surface area contributed by atoms with E-state index in [1.807, 2.05) is 64.1 Å². The monoisotopic (exact) mass is 442 g/mol. The number of phenolic OH excluding ortho intramolecular Hbond substituents is 1. The fourth-order valence-electron chi connectivity index (χ4n) is 4.81. The molecule has 1 atom stereocenters. The van der Waals surface area contributed by atoms with Gasteiger partial charge in [-0.1, -0.05) is 30.3 Å². The molecular formula is C26H23BO6. The van der Waals surface area contributed by atoms with Crippen LogP contribution >= 0.6 is 0 Å². The number of phenols is 1. The molecule has 7 heteroatoms. The highest BCUT2D eigenvalue weighted by atomic mass is 16.7. The molecule has 0 aliphatic carbocycles. The molecule has 33 heavy (non-hydrogen) atoms. The number of fused-ring (bicyclic) bond motifs is 6. The quantitative estimate of drug-likeness (QED) is 0.449. The van der Waals surface area contributed by atoms with Crippen LogP contribution in [-0.4, -0.2) is 29.4 Å². The first-order valence-electron chi connectivity index (χ1n) is 11.0. The van der Waals surface area contributed by atoms with E-state index in [1.165, 1.54) is 6.07 Å². The van der Waals surface area contributed by atoms with Crippen LogP contribution in [0.5, 0.6) is 17.2 Å². The molecule has 3 aromatic rings. The Hall–Kier alpha value is -3.29. The number of aromatic hydroxyl groups is 1. The van der Waals surface area contributed by atoms with Gasteiger partial charge >= 0.3 is 13.1 Å². The van der Waals surface area contributed by atoms with E-state index in [1.54, 1.807) is 18.2 Å². The minimum atomic E-state index is -1.17. The highest BCUT2D eigenvalue weighted by Crippen LogP contribution is 2.56. The third-order valence-corrected chi connectivity index (χ3v) is 7.25. The Morgan fingerprint density at radius 2 is 1.42 bits per heavy atom. The Kier molecular flexibility index (Phi) is 3.94. The zero-order valence-electron chi connectivity index (χ0n) is 18.8. The number of hydrogen-bond donors (Lipinski definition) is 1. The molecule has 0 radical (unpaired) electrons. The van der Waals surface area contributed by atoms with Crippen molar-refractivity contribution in [3.05, 3.63) is 82.9 Å². The molecule has 1 unspecified atom stereocenters. The van der Waals surface area contributed by atoms with Crippen molar-refractivity contribution in [3.8, 4) is 17.2 Å². The average Bonchev–Trinajstić information content (AvgIpc) is 3.17. The summed E-state index contributed by atoms with van der Waals surface area (Å²) >= 11 is 0. The average molecular weight is 442 g/mol. The molecule has 0 aromatic heterocycles. The number of rotatable bonds is 1. The number of carbonyl (C=O) groups is 1. The Labute approximate surface area is 192 Å². The summed E-state index contributed by atoms with van der Waals surface area (Å²) in [4.78, 5) is 12.9. The highest BCUT2D eigenvalue weighted by Gasteiger charge is 2.55. The summed E-state index contributed by atoms with van der Waals surface area (Å²) < 4.78 is 24.8. The van der Waals surface area contributed by atoms with Crippen LogP contribution in [0, 0.1) is 0 Å². The highest BCUT2D eigenvalue weighted by molar-refractivity contribution is 6.62. The fraction of sp³-hybridized carbons (Fsp3) is 0.269. The Balaban J connectivity index is 1.55. The summed E-state index contributed by atoms with van der Waals surface area (Å²) in [6.07, 6.45) is 0. The first kappa shape index (κ1) is 20.3. The van der Waals surface area contributed by atoms with Crippen LogP contribution in [-0.2, 0) is 19.6 Å². The molecule has 3 aliphatic rings. The number of benzene rings is 3. The van der Waals surface area contributed by atoms with Crippen molar-refractivity contribution in [2.24, 2.45) is 0 Å². The van der Waals surface area contributed by atoms with E-state index in [-0.39, 0.29) is 5.75 Å². The van der Waals surface area contributed by atoms with Crippen molar-refractivity contribution in [3.63, 3.8) is 0 Å². The predicted octanol–water partition coefficient (Wildman–Crippen LogP) is 4.26. The second-order valence-electron chi connectivity index (χ2n) is 9.74. The molecular weight excluding hydrogens is 419 g/mol. The minimum absolute atomic E-state index is 0.0621. The van der Waals surface area contributed by atoms with E-state index in [0.717, 1.165) is 11.0 Å². The SMILES string of the molecule is CC1(C)OB(c2ccc3c(c2)Oc2cc(O)ccc2C32OC(=O)c3ccccc32)OC1(C)C. The summed E-state index contributed by atoms with van der Waals surface area (Å²) in [6, 6.07) is 17.9. The summed E-state index contributed by atoms with van der Waals surface area (Å²) in [6.45, 7) is 8.02.